The molecule has 0 aromatic heterocycles. The highest BCUT2D eigenvalue weighted by atomic mass is 32.1. The van der Waals surface area contributed by atoms with E-state index >= 15 is 0 Å². The van der Waals surface area contributed by atoms with Crippen LogP contribution < -0.4 is 0 Å². The maximum absolute atomic E-state index is 4.78. The van der Waals surface area contributed by atoms with Crippen LogP contribution in [0.15, 0.2) is 0 Å². The number of thiocarbonyl (C=S) groups is 1. The van der Waals surface area contributed by atoms with Gasteiger partial charge in [0.15, 0.2) is 0 Å². The third-order valence-corrected chi connectivity index (χ3v) is 1.32. The SMILES string of the molecule is S=C1CCC1. The Morgan fingerprint density at radius 1 is 1.40 bits per heavy atom. The number of rotatable bonds is 0. The highest BCUT2D eigenvalue weighted by Gasteiger charge is 2.04. The zero-order chi connectivity index (χ0) is 3.70. The summed E-state index contributed by atoms with van der Waals surface area (Å²) in [5.74, 6) is 0. The van der Waals surface area contributed by atoms with Crippen molar-refractivity contribution in [2.75, 3.05) is 0 Å². The van der Waals surface area contributed by atoms with Crippen LogP contribution in [-0.4, -0.2) is 4.86 Å². The van der Waals surface area contributed by atoms with E-state index in [0.29, 0.717) is 0 Å². The molecule has 0 spiro atoms. The first-order valence-electron chi connectivity index (χ1n) is 1.91. The van der Waals surface area contributed by atoms with Gasteiger partial charge in [0.1, 0.15) is 0 Å². The fraction of sp³-hybridized carbons (Fsp3) is 0.750. The molecule has 1 saturated carbocycles. The van der Waals surface area contributed by atoms with Gasteiger partial charge in [-0.2, -0.15) is 0 Å². The van der Waals surface area contributed by atoms with Gasteiger partial charge in [-0.25, -0.2) is 0 Å². The van der Waals surface area contributed by atoms with E-state index in [4.69, 9.17) is 12.2 Å². The van der Waals surface area contributed by atoms with E-state index in [0.717, 1.165) is 0 Å². The third-order valence-electron chi connectivity index (χ3n) is 0.911. The Labute approximate surface area is 37.2 Å². The van der Waals surface area contributed by atoms with Gasteiger partial charge >= 0.3 is 0 Å². The molecule has 0 saturated heterocycles. The predicted molar refractivity (Wildman–Crippen MR) is 26.4 cm³/mol. The van der Waals surface area contributed by atoms with E-state index in [2.05, 4.69) is 0 Å². The third kappa shape index (κ3) is 0.482. The summed E-state index contributed by atoms with van der Waals surface area (Å²) in [7, 11) is 0. The van der Waals surface area contributed by atoms with Crippen molar-refractivity contribution in [3.8, 4) is 0 Å². The lowest BCUT2D eigenvalue weighted by molar-refractivity contribution is 0.825. The van der Waals surface area contributed by atoms with Crippen LogP contribution >= 0.6 is 12.2 Å². The second-order valence-electron chi connectivity index (χ2n) is 1.39. The van der Waals surface area contributed by atoms with Crippen molar-refractivity contribution in [2.24, 2.45) is 0 Å². The van der Waals surface area contributed by atoms with Gasteiger partial charge in [-0.1, -0.05) is 12.2 Å². The normalized spacial score (nSPS) is 22.0. The Hall–Kier alpha value is 0.0900. The summed E-state index contributed by atoms with van der Waals surface area (Å²) in [6.07, 6.45) is 3.78. The van der Waals surface area contributed by atoms with E-state index < -0.39 is 0 Å². The van der Waals surface area contributed by atoms with Crippen LogP contribution in [0.2, 0.25) is 0 Å². The van der Waals surface area contributed by atoms with Crippen molar-refractivity contribution in [1.29, 1.82) is 0 Å². The molecule has 0 nitrogen and oxygen atoms in total. The minimum absolute atomic E-state index is 1.22. The van der Waals surface area contributed by atoms with Crippen molar-refractivity contribution >= 4 is 17.1 Å². The second kappa shape index (κ2) is 1.05. The minimum Gasteiger partial charge on any atom is -0.0897 e. The Morgan fingerprint density at radius 3 is 1.80 bits per heavy atom. The smallest absolute Gasteiger partial charge is 0.00713 e. The predicted octanol–water partition coefficient (Wildman–Crippen LogP) is 1.54. The van der Waals surface area contributed by atoms with Crippen LogP contribution in [-0.2, 0) is 0 Å². The van der Waals surface area contributed by atoms with Crippen LogP contribution in [0.25, 0.3) is 0 Å². The average Bonchev–Trinajstić information content (AvgIpc) is 1.30. The molecule has 1 fully saturated rings. The van der Waals surface area contributed by atoms with Crippen LogP contribution in [0.1, 0.15) is 19.3 Å². The number of hydrogen-bond acceptors (Lipinski definition) is 1. The lowest BCUT2D eigenvalue weighted by atomic mass is 10.0. The molecule has 1 aliphatic rings. The van der Waals surface area contributed by atoms with Gasteiger partial charge in [0.25, 0.3) is 0 Å². The van der Waals surface area contributed by atoms with Crippen molar-refractivity contribution in [3.63, 3.8) is 0 Å². The highest BCUT2D eigenvalue weighted by molar-refractivity contribution is 7.80. The summed E-state index contributed by atoms with van der Waals surface area (Å²) in [4.78, 5) is 1.27. The first-order chi connectivity index (χ1) is 2.39. The molecule has 0 aliphatic heterocycles. The van der Waals surface area contributed by atoms with Crippen molar-refractivity contribution in [3.05, 3.63) is 0 Å². The molecule has 0 radical (unpaired) electrons. The zero-order valence-electron chi connectivity index (χ0n) is 3.03. The first-order valence-corrected chi connectivity index (χ1v) is 2.32. The van der Waals surface area contributed by atoms with Crippen LogP contribution in [0.5, 0.6) is 0 Å². The molecular formula is C4H6S. The molecule has 0 N–H and O–H groups in total. The second-order valence-corrected chi connectivity index (χ2v) is 1.97. The molecule has 1 rings (SSSR count). The van der Waals surface area contributed by atoms with Gasteiger partial charge in [-0.05, 0) is 24.1 Å². The molecule has 0 unspecified atom stereocenters. The maximum atomic E-state index is 4.78. The molecule has 0 aromatic rings. The summed E-state index contributed by atoms with van der Waals surface area (Å²) in [6, 6.07) is 0. The van der Waals surface area contributed by atoms with Crippen LogP contribution in [0.3, 0.4) is 0 Å². The Balaban J connectivity index is 2.32. The fourth-order valence-electron chi connectivity index (χ4n) is 0.321. The summed E-state index contributed by atoms with van der Waals surface area (Å²) in [6.45, 7) is 0. The quantitative estimate of drug-likeness (QED) is 0.403. The van der Waals surface area contributed by atoms with Crippen molar-refractivity contribution in [1.82, 2.24) is 0 Å². The standard InChI is InChI=1S/C4H6S/c5-4-2-1-3-4/h1-3H2. The van der Waals surface area contributed by atoms with Crippen LogP contribution in [0, 0.1) is 0 Å². The van der Waals surface area contributed by atoms with Crippen molar-refractivity contribution < 1.29 is 0 Å². The lowest BCUT2D eigenvalue weighted by Gasteiger charge is -2.09. The van der Waals surface area contributed by atoms with Gasteiger partial charge in [0, 0.05) is 0 Å². The van der Waals surface area contributed by atoms with E-state index in [1.807, 2.05) is 0 Å². The monoisotopic (exact) mass is 86.0 g/mol. The average molecular weight is 86.2 g/mol. The topological polar surface area (TPSA) is 0 Å². The van der Waals surface area contributed by atoms with E-state index in [9.17, 15) is 0 Å². The van der Waals surface area contributed by atoms with E-state index in [-0.39, 0.29) is 0 Å². The summed E-state index contributed by atoms with van der Waals surface area (Å²) in [5, 5.41) is 0. The van der Waals surface area contributed by atoms with Gasteiger partial charge in [-0.3, -0.25) is 0 Å². The molecule has 1 heteroatoms. The Kier molecular flexibility index (Phi) is 0.692. The lowest BCUT2D eigenvalue weighted by Crippen LogP contribution is -2.04. The fourth-order valence-corrected chi connectivity index (χ4v) is 0.610. The maximum Gasteiger partial charge on any atom is -0.00713 e. The summed E-state index contributed by atoms with van der Waals surface area (Å²) in [5.41, 5.74) is 0. The molecule has 0 heterocycles. The molecule has 0 aromatic carbocycles. The Bertz CT molecular complexity index is 50.7. The van der Waals surface area contributed by atoms with E-state index in [1.165, 1.54) is 24.1 Å². The number of hydrogen-bond donors (Lipinski definition) is 0. The molecule has 28 valence electrons. The highest BCUT2D eigenvalue weighted by Crippen LogP contribution is 2.13. The van der Waals surface area contributed by atoms with Crippen LogP contribution in [0.4, 0.5) is 0 Å². The van der Waals surface area contributed by atoms with E-state index in [1.54, 1.807) is 0 Å². The molecule has 5 heavy (non-hydrogen) atoms. The summed E-state index contributed by atoms with van der Waals surface area (Å²) < 4.78 is 0. The summed E-state index contributed by atoms with van der Waals surface area (Å²) >= 11 is 4.78. The Morgan fingerprint density at radius 2 is 1.80 bits per heavy atom. The van der Waals surface area contributed by atoms with Crippen molar-refractivity contribution in [2.45, 2.75) is 19.3 Å². The largest absolute Gasteiger partial charge is 0.0897 e. The molecule has 1 aliphatic carbocycles. The zero-order valence-corrected chi connectivity index (χ0v) is 3.85. The van der Waals surface area contributed by atoms with Gasteiger partial charge in [-0.15, -0.1) is 0 Å². The molecule has 0 bridgehead atoms. The minimum atomic E-state index is 1.22. The van der Waals surface area contributed by atoms with Gasteiger partial charge in [0.05, 0.1) is 0 Å². The molecule has 0 amide bonds. The van der Waals surface area contributed by atoms with Gasteiger partial charge in [0.2, 0.25) is 0 Å². The first kappa shape index (κ1) is 3.29. The molecular weight excluding hydrogens is 80.1 g/mol. The van der Waals surface area contributed by atoms with Gasteiger partial charge < -0.3 is 0 Å². The molecule has 0 atom stereocenters.